The molecule has 0 radical (unpaired) electrons. The number of methoxy groups -OCH3 is 1. The first-order valence-corrected chi connectivity index (χ1v) is 10.5. The number of benzene rings is 3. The Morgan fingerprint density at radius 3 is 2.28 bits per heavy atom. The van der Waals surface area contributed by atoms with Crippen molar-refractivity contribution in [3.05, 3.63) is 95.0 Å². The van der Waals surface area contributed by atoms with Gasteiger partial charge in [0.25, 0.3) is 11.8 Å². The van der Waals surface area contributed by atoms with Crippen molar-refractivity contribution < 1.29 is 19.1 Å². The number of rotatable bonds is 6. The summed E-state index contributed by atoms with van der Waals surface area (Å²) in [6.45, 7) is 0.164. The fourth-order valence-corrected chi connectivity index (χ4v) is 3.84. The maximum Gasteiger partial charge on any atom is 0.257 e. The van der Waals surface area contributed by atoms with Crippen LogP contribution in [0.2, 0.25) is 5.02 Å². The smallest absolute Gasteiger partial charge is 0.257 e. The molecule has 4 rings (SSSR count). The molecule has 3 amide bonds. The number of halogens is 1. The average Bonchev–Trinajstić information content (AvgIpc) is 3.12. The molecule has 0 spiro atoms. The number of nitrogens with zero attached hydrogens (tertiary/aromatic N) is 2. The van der Waals surface area contributed by atoms with Crippen LogP contribution in [0, 0.1) is 0 Å². The summed E-state index contributed by atoms with van der Waals surface area (Å²) in [4.78, 5) is 42.1. The van der Waals surface area contributed by atoms with E-state index in [2.05, 4.69) is 0 Å². The van der Waals surface area contributed by atoms with E-state index in [1.54, 1.807) is 67.8 Å². The predicted molar refractivity (Wildman–Crippen MR) is 122 cm³/mol. The molecular formula is C25H21ClN2O4. The third-order valence-corrected chi connectivity index (χ3v) is 5.63. The van der Waals surface area contributed by atoms with Gasteiger partial charge < -0.3 is 9.64 Å². The molecule has 1 aliphatic heterocycles. The number of carbonyl (C=O) groups excluding carboxylic acids is 3. The fraction of sp³-hybridized carbons (Fsp3) is 0.160. The minimum atomic E-state index is -0.909. The van der Waals surface area contributed by atoms with Crippen LogP contribution in [0.3, 0.4) is 0 Å². The average molecular weight is 449 g/mol. The van der Waals surface area contributed by atoms with Crippen LogP contribution in [0.4, 0.5) is 5.69 Å². The summed E-state index contributed by atoms with van der Waals surface area (Å²) < 4.78 is 5.20. The predicted octanol–water partition coefficient (Wildman–Crippen LogP) is 4.32. The number of ether oxygens (including phenoxy) is 1. The third-order valence-electron chi connectivity index (χ3n) is 5.38. The Morgan fingerprint density at radius 2 is 1.66 bits per heavy atom. The molecule has 7 heteroatoms. The fourth-order valence-electron chi connectivity index (χ4n) is 3.72. The SMILES string of the molecule is COc1ccc(CN(C(=O)c2ccc(Cl)cc2)C2CC(=O)N(c3ccccc3)C2=O)cc1. The van der Waals surface area contributed by atoms with E-state index >= 15 is 0 Å². The van der Waals surface area contributed by atoms with Crippen LogP contribution in [-0.2, 0) is 16.1 Å². The molecule has 0 aliphatic carbocycles. The van der Waals surface area contributed by atoms with Crippen LogP contribution in [0.25, 0.3) is 0 Å². The van der Waals surface area contributed by atoms with Gasteiger partial charge in [0.05, 0.1) is 19.2 Å². The molecule has 6 nitrogen and oxygen atoms in total. The zero-order valence-corrected chi connectivity index (χ0v) is 18.2. The quantitative estimate of drug-likeness (QED) is 0.526. The minimum absolute atomic E-state index is 0.0801. The van der Waals surface area contributed by atoms with Crippen molar-refractivity contribution in [1.82, 2.24) is 4.90 Å². The summed E-state index contributed by atoms with van der Waals surface area (Å²) in [5.41, 5.74) is 1.70. The van der Waals surface area contributed by atoms with Crippen LogP contribution in [-0.4, -0.2) is 35.8 Å². The van der Waals surface area contributed by atoms with E-state index < -0.39 is 11.9 Å². The Hall–Kier alpha value is -3.64. The molecule has 162 valence electrons. The number of hydrogen-bond donors (Lipinski definition) is 0. The molecule has 0 bridgehead atoms. The number of amides is 3. The van der Waals surface area contributed by atoms with Gasteiger partial charge in [-0.1, -0.05) is 41.9 Å². The monoisotopic (exact) mass is 448 g/mol. The highest BCUT2D eigenvalue weighted by molar-refractivity contribution is 6.30. The molecular weight excluding hydrogens is 428 g/mol. The first-order valence-electron chi connectivity index (χ1n) is 10.1. The normalized spacial score (nSPS) is 15.7. The van der Waals surface area contributed by atoms with Gasteiger partial charge in [0.1, 0.15) is 11.8 Å². The van der Waals surface area contributed by atoms with Gasteiger partial charge in [-0.25, -0.2) is 4.90 Å². The summed E-state index contributed by atoms with van der Waals surface area (Å²) in [6.07, 6.45) is -0.0801. The van der Waals surface area contributed by atoms with Crippen molar-refractivity contribution in [1.29, 1.82) is 0 Å². The van der Waals surface area contributed by atoms with Crippen molar-refractivity contribution in [2.75, 3.05) is 12.0 Å². The number of imide groups is 1. The first-order chi connectivity index (χ1) is 15.5. The van der Waals surface area contributed by atoms with Crippen molar-refractivity contribution in [2.45, 2.75) is 19.0 Å². The Morgan fingerprint density at radius 1 is 1.00 bits per heavy atom. The molecule has 1 heterocycles. The molecule has 3 aromatic carbocycles. The second kappa shape index (κ2) is 9.24. The second-order valence-corrected chi connectivity index (χ2v) is 7.85. The molecule has 32 heavy (non-hydrogen) atoms. The van der Waals surface area contributed by atoms with Gasteiger partial charge in [-0.2, -0.15) is 0 Å². The summed E-state index contributed by atoms with van der Waals surface area (Å²) in [5.74, 6) is -0.419. The van der Waals surface area contributed by atoms with Crippen LogP contribution >= 0.6 is 11.6 Å². The summed E-state index contributed by atoms with van der Waals surface area (Å²) in [6, 6.07) is 21.5. The molecule has 0 N–H and O–H groups in total. The topological polar surface area (TPSA) is 66.9 Å². The Labute approximate surface area is 191 Å². The highest BCUT2D eigenvalue weighted by atomic mass is 35.5. The van der Waals surface area contributed by atoms with E-state index in [0.29, 0.717) is 22.0 Å². The molecule has 3 aromatic rings. The molecule has 0 aromatic heterocycles. The van der Waals surface area contributed by atoms with Gasteiger partial charge in [0.15, 0.2) is 0 Å². The molecule has 1 atom stereocenters. The number of hydrogen-bond acceptors (Lipinski definition) is 4. The Balaban J connectivity index is 1.68. The van der Waals surface area contributed by atoms with Gasteiger partial charge in [0.2, 0.25) is 5.91 Å². The van der Waals surface area contributed by atoms with E-state index in [-0.39, 0.29) is 24.8 Å². The summed E-state index contributed by atoms with van der Waals surface area (Å²) in [5, 5.41) is 0.505. The van der Waals surface area contributed by atoms with Gasteiger partial charge in [-0.3, -0.25) is 14.4 Å². The molecule has 0 saturated carbocycles. The number of anilines is 1. The van der Waals surface area contributed by atoms with Crippen molar-refractivity contribution in [2.24, 2.45) is 0 Å². The highest BCUT2D eigenvalue weighted by Crippen LogP contribution is 2.28. The third kappa shape index (κ3) is 4.36. The molecule has 1 unspecified atom stereocenters. The van der Waals surface area contributed by atoms with Gasteiger partial charge in [0, 0.05) is 17.1 Å². The van der Waals surface area contributed by atoms with Crippen molar-refractivity contribution in [3.8, 4) is 5.75 Å². The maximum absolute atomic E-state index is 13.4. The molecule has 1 fully saturated rings. The van der Waals surface area contributed by atoms with Gasteiger partial charge in [-0.05, 0) is 54.1 Å². The summed E-state index contributed by atoms with van der Waals surface area (Å²) >= 11 is 5.97. The highest BCUT2D eigenvalue weighted by Gasteiger charge is 2.44. The van der Waals surface area contributed by atoms with Crippen LogP contribution < -0.4 is 9.64 Å². The van der Waals surface area contributed by atoms with E-state index in [9.17, 15) is 14.4 Å². The van der Waals surface area contributed by atoms with E-state index in [1.165, 1.54) is 4.90 Å². The van der Waals surface area contributed by atoms with E-state index in [0.717, 1.165) is 10.5 Å². The van der Waals surface area contributed by atoms with Crippen LogP contribution in [0.1, 0.15) is 22.3 Å². The molecule has 1 saturated heterocycles. The van der Waals surface area contributed by atoms with Crippen LogP contribution in [0.5, 0.6) is 5.75 Å². The Kier molecular flexibility index (Phi) is 6.23. The second-order valence-electron chi connectivity index (χ2n) is 7.41. The number of para-hydroxylation sites is 1. The maximum atomic E-state index is 13.4. The number of carbonyl (C=O) groups is 3. The van der Waals surface area contributed by atoms with Crippen LogP contribution in [0.15, 0.2) is 78.9 Å². The zero-order valence-electron chi connectivity index (χ0n) is 17.4. The molecule has 1 aliphatic rings. The Bertz CT molecular complexity index is 1130. The van der Waals surface area contributed by atoms with Crippen molar-refractivity contribution >= 4 is 35.0 Å². The standard InChI is InChI=1S/C25H21ClN2O4/c1-32-21-13-7-17(8-14-21)16-27(24(30)18-9-11-19(26)12-10-18)22-15-23(29)28(25(22)31)20-5-3-2-4-6-20/h2-14,22H,15-16H2,1H3. The van der Waals surface area contributed by atoms with E-state index in [4.69, 9.17) is 16.3 Å². The van der Waals surface area contributed by atoms with E-state index in [1.807, 2.05) is 18.2 Å². The van der Waals surface area contributed by atoms with Gasteiger partial charge in [-0.15, -0.1) is 0 Å². The largest absolute Gasteiger partial charge is 0.497 e. The van der Waals surface area contributed by atoms with Gasteiger partial charge >= 0.3 is 0 Å². The lowest BCUT2D eigenvalue weighted by molar-refractivity contribution is -0.122. The lowest BCUT2D eigenvalue weighted by Crippen LogP contribution is -2.45. The van der Waals surface area contributed by atoms with Crippen molar-refractivity contribution in [3.63, 3.8) is 0 Å². The lowest BCUT2D eigenvalue weighted by Gasteiger charge is -2.28. The summed E-state index contributed by atoms with van der Waals surface area (Å²) in [7, 11) is 1.58. The first kappa shape index (κ1) is 21.6. The zero-order chi connectivity index (χ0) is 22.7. The lowest BCUT2D eigenvalue weighted by atomic mass is 10.1. The minimum Gasteiger partial charge on any atom is -0.497 e.